The van der Waals surface area contributed by atoms with Crippen LogP contribution in [0, 0.1) is 6.92 Å². The Hall–Kier alpha value is -2.15. The van der Waals surface area contributed by atoms with Crippen LogP contribution in [0.4, 0.5) is 5.82 Å². The van der Waals surface area contributed by atoms with E-state index < -0.39 is 5.54 Å². The lowest BCUT2D eigenvalue weighted by Gasteiger charge is -2.40. The number of aliphatic hydroxyl groups excluding tert-OH is 1. The molecule has 2 aliphatic carbocycles. The molecule has 0 saturated heterocycles. The Kier molecular flexibility index (Phi) is 3.32. The highest BCUT2D eigenvalue weighted by atomic mass is 16.3. The van der Waals surface area contributed by atoms with E-state index in [2.05, 4.69) is 27.5 Å². The lowest BCUT2D eigenvalue weighted by molar-refractivity contribution is 0.0641. The van der Waals surface area contributed by atoms with Crippen molar-refractivity contribution in [3.05, 3.63) is 17.7 Å². The number of nitrogens with one attached hydrogen (secondary N) is 2. The lowest BCUT2D eigenvalue weighted by Crippen LogP contribution is -2.56. The highest BCUT2D eigenvalue weighted by molar-refractivity contribution is 6.10. The summed E-state index contributed by atoms with van der Waals surface area (Å²) >= 11 is 0. The molecule has 0 spiro atoms. The molecule has 0 aromatic carbocycles. The number of nitrogens with zero attached hydrogens (tertiary/aromatic N) is 2. The molecule has 0 bridgehead atoms. The van der Waals surface area contributed by atoms with Gasteiger partial charge in [-0.1, -0.05) is 0 Å². The minimum Gasteiger partial charge on any atom is -0.442 e. The van der Waals surface area contributed by atoms with Crippen LogP contribution in [-0.2, 0) is 0 Å². The summed E-state index contributed by atoms with van der Waals surface area (Å²) in [6.45, 7) is 3.83. The van der Waals surface area contributed by atoms with Crippen molar-refractivity contribution in [1.29, 1.82) is 0 Å². The van der Waals surface area contributed by atoms with E-state index in [9.17, 15) is 9.90 Å². The van der Waals surface area contributed by atoms with Crippen LogP contribution in [0.1, 0.15) is 55.1 Å². The van der Waals surface area contributed by atoms with Crippen molar-refractivity contribution in [2.75, 3.05) is 11.9 Å². The number of furan rings is 1. The van der Waals surface area contributed by atoms with Crippen LogP contribution in [0.25, 0.3) is 11.1 Å². The largest absolute Gasteiger partial charge is 0.442 e. The van der Waals surface area contributed by atoms with Gasteiger partial charge >= 0.3 is 0 Å². The predicted octanol–water partition coefficient (Wildman–Crippen LogP) is 2.14. The molecular weight excluding hydrogens is 308 g/mol. The molecule has 128 valence electrons. The van der Waals surface area contributed by atoms with Gasteiger partial charge in [0.15, 0.2) is 0 Å². The summed E-state index contributed by atoms with van der Waals surface area (Å²) in [7, 11) is 0. The standard InChI is InChI=1S/C17H22N4O3/c1-10-11(14(23)21-17(8-22)4-3-5-17)12-13(20-16(2)6-7-16)18-9-19-15(12)24-10/h9,22H,3-8H2,1-2H3,(H,21,23)(H,18,19,20). The van der Waals surface area contributed by atoms with Crippen LogP contribution < -0.4 is 10.6 Å². The molecule has 2 saturated carbocycles. The summed E-state index contributed by atoms with van der Waals surface area (Å²) < 4.78 is 5.68. The number of hydrogen-bond donors (Lipinski definition) is 3. The molecule has 4 rings (SSSR count). The number of aryl methyl sites for hydroxylation is 1. The van der Waals surface area contributed by atoms with E-state index in [0.29, 0.717) is 28.2 Å². The highest BCUT2D eigenvalue weighted by Gasteiger charge is 2.40. The van der Waals surface area contributed by atoms with E-state index in [0.717, 1.165) is 32.1 Å². The second kappa shape index (κ2) is 5.17. The van der Waals surface area contributed by atoms with Gasteiger partial charge in [-0.05, 0) is 46.0 Å². The zero-order chi connectivity index (χ0) is 16.9. The molecule has 2 heterocycles. The summed E-state index contributed by atoms with van der Waals surface area (Å²) in [4.78, 5) is 21.4. The maximum atomic E-state index is 12.9. The Labute approximate surface area is 139 Å². The first-order valence-corrected chi connectivity index (χ1v) is 8.41. The van der Waals surface area contributed by atoms with Crippen molar-refractivity contribution in [3.8, 4) is 0 Å². The molecule has 0 atom stereocenters. The second-order valence-corrected chi connectivity index (χ2v) is 7.37. The maximum Gasteiger partial charge on any atom is 0.256 e. The van der Waals surface area contributed by atoms with E-state index >= 15 is 0 Å². The third-order valence-electron chi connectivity index (χ3n) is 5.30. The average molecular weight is 330 g/mol. The summed E-state index contributed by atoms with van der Waals surface area (Å²) in [5, 5.41) is 16.6. The topological polar surface area (TPSA) is 100 Å². The van der Waals surface area contributed by atoms with Gasteiger partial charge in [-0.3, -0.25) is 4.79 Å². The van der Waals surface area contributed by atoms with E-state index in [4.69, 9.17) is 4.42 Å². The quantitative estimate of drug-likeness (QED) is 0.776. The summed E-state index contributed by atoms with van der Waals surface area (Å²) in [5.41, 5.74) is 0.391. The molecule has 3 N–H and O–H groups in total. The SMILES string of the molecule is Cc1oc2ncnc(NC3(C)CC3)c2c1C(=O)NC1(CO)CCC1. The fourth-order valence-electron chi connectivity index (χ4n) is 3.24. The number of aliphatic hydroxyl groups is 1. The normalized spacial score (nSPS) is 20.5. The molecule has 2 aliphatic rings. The Morgan fingerprint density at radius 3 is 2.67 bits per heavy atom. The average Bonchev–Trinajstić information content (AvgIpc) is 3.12. The monoisotopic (exact) mass is 330 g/mol. The van der Waals surface area contributed by atoms with Gasteiger partial charge in [0.1, 0.15) is 17.9 Å². The molecule has 0 aliphatic heterocycles. The Morgan fingerprint density at radius 1 is 1.33 bits per heavy atom. The number of amides is 1. The first-order valence-electron chi connectivity index (χ1n) is 8.41. The van der Waals surface area contributed by atoms with Gasteiger partial charge in [-0.2, -0.15) is 0 Å². The highest BCUT2D eigenvalue weighted by Crippen LogP contribution is 2.40. The first-order chi connectivity index (χ1) is 11.5. The van der Waals surface area contributed by atoms with Crippen molar-refractivity contribution in [3.63, 3.8) is 0 Å². The molecular formula is C17H22N4O3. The van der Waals surface area contributed by atoms with Crippen LogP contribution in [0.15, 0.2) is 10.7 Å². The van der Waals surface area contributed by atoms with Crippen LogP contribution >= 0.6 is 0 Å². The molecule has 7 nitrogen and oxygen atoms in total. The molecule has 7 heteroatoms. The van der Waals surface area contributed by atoms with Gasteiger partial charge < -0.3 is 20.2 Å². The number of rotatable bonds is 5. The molecule has 2 aromatic rings. The van der Waals surface area contributed by atoms with Crippen molar-refractivity contribution < 1.29 is 14.3 Å². The Balaban J connectivity index is 1.73. The van der Waals surface area contributed by atoms with Gasteiger partial charge in [-0.15, -0.1) is 0 Å². The predicted molar refractivity (Wildman–Crippen MR) is 88.9 cm³/mol. The maximum absolute atomic E-state index is 12.9. The zero-order valence-corrected chi connectivity index (χ0v) is 14.0. The van der Waals surface area contributed by atoms with Gasteiger partial charge in [0, 0.05) is 5.54 Å². The molecule has 0 radical (unpaired) electrons. The first kappa shape index (κ1) is 15.4. The number of aromatic nitrogens is 2. The van der Waals surface area contributed by atoms with Crippen molar-refractivity contribution in [2.24, 2.45) is 0 Å². The van der Waals surface area contributed by atoms with E-state index in [-0.39, 0.29) is 18.1 Å². The van der Waals surface area contributed by atoms with Crippen LogP contribution in [0.5, 0.6) is 0 Å². The number of anilines is 1. The van der Waals surface area contributed by atoms with Crippen molar-refractivity contribution in [2.45, 2.75) is 57.0 Å². The van der Waals surface area contributed by atoms with Crippen molar-refractivity contribution >= 4 is 22.8 Å². The Morgan fingerprint density at radius 2 is 2.08 bits per heavy atom. The zero-order valence-electron chi connectivity index (χ0n) is 14.0. The number of carbonyl (C=O) groups is 1. The molecule has 0 unspecified atom stereocenters. The molecule has 2 aromatic heterocycles. The second-order valence-electron chi connectivity index (χ2n) is 7.37. The van der Waals surface area contributed by atoms with Crippen molar-refractivity contribution in [1.82, 2.24) is 15.3 Å². The smallest absolute Gasteiger partial charge is 0.256 e. The van der Waals surface area contributed by atoms with Gasteiger partial charge in [0.2, 0.25) is 5.71 Å². The van der Waals surface area contributed by atoms with E-state index in [1.54, 1.807) is 6.92 Å². The van der Waals surface area contributed by atoms with Crippen LogP contribution in [0.3, 0.4) is 0 Å². The van der Waals surface area contributed by atoms with E-state index in [1.165, 1.54) is 6.33 Å². The van der Waals surface area contributed by atoms with Gasteiger partial charge in [-0.25, -0.2) is 9.97 Å². The van der Waals surface area contributed by atoms with Crippen LogP contribution in [0.2, 0.25) is 0 Å². The third-order valence-corrected chi connectivity index (χ3v) is 5.30. The number of carbonyl (C=O) groups excluding carboxylic acids is 1. The molecule has 1 amide bonds. The van der Waals surface area contributed by atoms with E-state index in [1.807, 2.05) is 0 Å². The van der Waals surface area contributed by atoms with Gasteiger partial charge in [0.05, 0.1) is 23.1 Å². The molecule has 24 heavy (non-hydrogen) atoms. The summed E-state index contributed by atoms with van der Waals surface area (Å²) in [6, 6.07) is 0. The lowest BCUT2D eigenvalue weighted by atomic mass is 9.77. The summed E-state index contributed by atoms with van der Waals surface area (Å²) in [6.07, 6.45) is 6.20. The Bertz CT molecular complexity index is 800. The minimum absolute atomic E-state index is 0.0283. The van der Waals surface area contributed by atoms with Crippen LogP contribution in [-0.4, -0.2) is 38.7 Å². The molecule has 2 fully saturated rings. The van der Waals surface area contributed by atoms with Gasteiger partial charge in [0.25, 0.3) is 5.91 Å². The minimum atomic E-state index is -0.501. The third kappa shape index (κ3) is 2.43. The fourth-order valence-corrected chi connectivity index (χ4v) is 3.24. The fraction of sp³-hybridized carbons (Fsp3) is 0.588. The summed E-state index contributed by atoms with van der Waals surface area (Å²) in [5.74, 6) is 0.909. The number of hydrogen-bond acceptors (Lipinski definition) is 6. The number of fused-ring (bicyclic) bond motifs is 1.